The van der Waals surface area contributed by atoms with Crippen LogP contribution in [-0.2, 0) is 4.79 Å². The number of aromatic carboxylic acids is 1. The van der Waals surface area contributed by atoms with Crippen LogP contribution in [-0.4, -0.2) is 22.2 Å². The second kappa shape index (κ2) is 6.38. The Bertz CT molecular complexity index is 708. The number of hydrogen-bond donors (Lipinski definition) is 2. The zero-order valence-electron chi connectivity index (χ0n) is 10.9. The molecule has 1 heterocycles. The first kappa shape index (κ1) is 14.3. The molecule has 0 saturated heterocycles. The molecule has 5 heteroatoms. The molecule has 2 aromatic rings. The summed E-state index contributed by atoms with van der Waals surface area (Å²) in [5.41, 5.74) is -0.00468. The standard InChI is InChI=1S/C16H12O5/c17-15(18)13-8-2-1-7-12(13)14(16(19)20)9-3-5-11-6-4-10-21-11/h1-10H,(H,17,18)(H,19,20). The third-order valence-corrected chi connectivity index (χ3v) is 2.74. The van der Waals surface area contributed by atoms with E-state index in [9.17, 15) is 14.7 Å². The van der Waals surface area contributed by atoms with Gasteiger partial charge in [-0.15, -0.1) is 0 Å². The van der Waals surface area contributed by atoms with Crippen molar-refractivity contribution >= 4 is 23.6 Å². The summed E-state index contributed by atoms with van der Waals surface area (Å²) in [6.45, 7) is 0. The Morgan fingerprint density at radius 1 is 1.00 bits per heavy atom. The van der Waals surface area contributed by atoms with Crippen molar-refractivity contribution in [3.63, 3.8) is 0 Å². The first-order chi connectivity index (χ1) is 10.1. The normalized spacial score (nSPS) is 11.7. The molecule has 0 saturated carbocycles. The SMILES string of the molecule is O=C(O)C(=CC=Cc1ccco1)c1ccccc1C(=O)O. The molecule has 21 heavy (non-hydrogen) atoms. The van der Waals surface area contributed by atoms with Gasteiger partial charge >= 0.3 is 11.9 Å². The molecule has 0 aliphatic rings. The van der Waals surface area contributed by atoms with E-state index in [1.54, 1.807) is 30.3 Å². The number of hydrogen-bond acceptors (Lipinski definition) is 3. The van der Waals surface area contributed by atoms with Crippen LogP contribution in [0, 0.1) is 0 Å². The summed E-state index contributed by atoms with van der Waals surface area (Å²) in [7, 11) is 0. The molecule has 0 radical (unpaired) electrons. The number of aliphatic carboxylic acids is 1. The summed E-state index contributed by atoms with van der Waals surface area (Å²) in [5, 5.41) is 18.4. The van der Waals surface area contributed by atoms with Crippen molar-refractivity contribution in [1.29, 1.82) is 0 Å². The average Bonchev–Trinajstić information content (AvgIpc) is 2.96. The molecule has 0 spiro atoms. The van der Waals surface area contributed by atoms with E-state index in [-0.39, 0.29) is 16.7 Å². The highest BCUT2D eigenvalue weighted by Gasteiger charge is 2.17. The third kappa shape index (κ3) is 3.48. The molecule has 0 aliphatic heterocycles. The van der Waals surface area contributed by atoms with Gasteiger partial charge in [0.25, 0.3) is 0 Å². The third-order valence-electron chi connectivity index (χ3n) is 2.74. The Labute approximate surface area is 120 Å². The van der Waals surface area contributed by atoms with Crippen LogP contribution in [0.5, 0.6) is 0 Å². The van der Waals surface area contributed by atoms with Crippen LogP contribution < -0.4 is 0 Å². The van der Waals surface area contributed by atoms with Gasteiger partial charge in [-0.1, -0.05) is 24.3 Å². The summed E-state index contributed by atoms with van der Waals surface area (Å²) in [6, 6.07) is 9.39. The summed E-state index contributed by atoms with van der Waals surface area (Å²) in [5.74, 6) is -1.80. The van der Waals surface area contributed by atoms with Crippen LogP contribution in [0.25, 0.3) is 11.6 Å². The van der Waals surface area contributed by atoms with E-state index < -0.39 is 11.9 Å². The van der Waals surface area contributed by atoms with E-state index in [0.717, 1.165) is 0 Å². The van der Waals surface area contributed by atoms with E-state index in [2.05, 4.69) is 0 Å². The Kier molecular flexibility index (Phi) is 4.36. The van der Waals surface area contributed by atoms with Gasteiger partial charge in [-0.3, -0.25) is 0 Å². The maximum absolute atomic E-state index is 11.3. The molecule has 5 nitrogen and oxygen atoms in total. The van der Waals surface area contributed by atoms with E-state index in [1.165, 1.54) is 30.5 Å². The van der Waals surface area contributed by atoms with Crippen molar-refractivity contribution < 1.29 is 24.2 Å². The number of allylic oxidation sites excluding steroid dienone is 2. The fourth-order valence-electron chi connectivity index (χ4n) is 1.81. The lowest BCUT2D eigenvalue weighted by molar-refractivity contribution is -0.130. The van der Waals surface area contributed by atoms with Gasteiger partial charge in [-0.25, -0.2) is 9.59 Å². The van der Waals surface area contributed by atoms with E-state index in [1.807, 2.05) is 0 Å². The van der Waals surface area contributed by atoms with Crippen LogP contribution in [0.2, 0.25) is 0 Å². The molecule has 0 amide bonds. The molecule has 0 fully saturated rings. The summed E-state index contributed by atoms with van der Waals surface area (Å²) in [6.07, 6.45) is 5.93. The van der Waals surface area contributed by atoms with Crippen molar-refractivity contribution in [1.82, 2.24) is 0 Å². The quantitative estimate of drug-likeness (QED) is 0.650. The number of carboxylic acids is 2. The minimum absolute atomic E-state index is 0.0578. The van der Waals surface area contributed by atoms with Gasteiger partial charge in [0.2, 0.25) is 0 Å². The molecule has 1 aromatic carbocycles. The summed E-state index contributed by atoms with van der Waals surface area (Å²) < 4.78 is 5.09. The second-order valence-electron chi connectivity index (χ2n) is 4.11. The van der Waals surface area contributed by atoms with E-state index >= 15 is 0 Å². The maximum Gasteiger partial charge on any atom is 0.336 e. The molecular weight excluding hydrogens is 272 g/mol. The van der Waals surface area contributed by atoms with Crippen LogP contribution >= 0.6 is 0 Å². The number of furan rings is 1. The van der Waals surface area contributed by atoms with Crippen LogP contribution in [0.1, 0.15) is 21.7 Å². The van der Waals surface area contributed by atoms with Gasteiger partial charge in [0.15, 0.2) is 0 Å². The van der Waals surface area contributed by atoms with E-state index in [0.29, 0.717) is 5.76 Å². The predicted octanol–water partition coefficient (Wildman–Crippen LogP) is 3.16. The van der Waals surface area contributed by atoms with Gasteiger partial charge < -0.3 is 14.6 Å². The minimum atomic E-state index is -1.20. The Hall–Kier alpha value is -3.08. The van der Waals surface area contributed by atoms with Crippen molar-refractivity contribution in [3.05, 3.63) is 71.7 Å². The van der Waals surface area contributed by atoms with Gasteiger partial charge in [-0.2, -0.15) is 0 Å². The highest BCUT2D eigenvalue weighted by molar-refractivity contribution is 6.18. The number of benzene rings is 1. The van der Waals surface area contributed by atoms with Gasteiger partial charge in [0.1, 0.15) is 5.76 Å². The Balaban J connectivity index is 2.40. The first-order valence-corrected chi connectivity index (χ1v) is 6.07. The number of carbonyl (C=O) groups is 2. The smallest absolute Gasteiger partial charge is 0.336 e. The fourth-order valence-corrected chi connectivity index (χ4v) is 1.81. The molecule has 106 valence electrons. The lowest BCUT2D eigenvalue weighted by Crippen LogP contribution is -2.06. The summed E-state index contributed by atoms with van der Waals surface area (Å²) >= 11 is 0. The number of carboxylic acid groups (broad SMARTS) is 2. The average molecular weight is 284 g/mol. The Morgan fingerprint density at radius 3 is 2.29 bits per heavy atom. The van der Waals surface area contributed by atoms with Crippen molar-refractivity contribution in [2.45, 2.75) is 0 Å². The van der Waals surface area contributed by atoms with Crippen LogP contribution in [0.3, 0.4) is 0 Å². The zero-order chi connectivity index (χ0) is 15.2. The highest BCUT2D eigenvalue weighted by atomic mass is 16.4. The zero-order valence-corrected chi connectivity index (χ0v) is 10.9. The Morgan fingerprint density at radius 2 is 1.71 bits per heavy atom. The van der Waals surface area contributed by atoms with Gasteiger partial charge in [0.05, 0.1) is 17.4 Å². The molecule has 0 bridgehead atoms. The highest BCUT2D eigenvalue weighted by Crippen LogP contribution is 2.20. The maximum atomic E-state index is 11.3. The van der Waals surface area contributed by atoms with E-state index in [4.69, 9.17) is 9.52 Å². The predicted molar refractivity (Wildman–Crippen MR) is 76.8 cm³/mol. The van der Waals surface area contributed by atoms with Crippen molar-refractivity contribution in [2.24, 2.45) is 0 Å². The summed E-state index contributed by atoms with van der Waals surface area (Å²) in [4.78, 5) is 22.5. The largest absolute Gasteiger partial charge is 0.478 e. The minimum Gasteiger partial charge on any atom is -0.478 e. The van der Waals surface area contributed by atoms with Crippen molar-refractivity contribution in [3.8, 4) is 0 Å². The molecule has 2 N–H and O–H groups in total. The lowest BCUT2D eigenvalue weighted by atomic mass is 9.99. The number of rotatable bonds is 5. The fraction of sp³-hybridized carbons (Fsp3) is 0. The lowest BCUT2D eigenvalue weighted by Gasteiger charge is -2.05. The molecule has 1 aromatic heterocycles. The van der Waals surface area contributed by atoms with Crippen LogP contribution in [0.15, 0.2) is 59.2 Å². The molecule has 0 aliphatic carbocycles. The van der Waals surface area contributed by atoms with Gasteiger partial charge in [0, 0.05) is 5.56 Å². The van der Waals surface area contributed by atoms with Crippen LogP contribution in [0.4, 0.5) is 0 Å². The molecule has 0 atom stereocenters. The molecule has 2 rings (SSSR count). The second-order valence-corrected chi connectivity index (χ2v) is 4.11. The van der Waals surface area contributed by atoms with Crippen molar-refractivity contribution in [2.75, 3.05) is 0 Å². The molecule has 0 unspecified atom stereocenters. The molecular formula is C16H12O5. The first-order valence-electron chi connectivity index (χ1n) is 6.07. The monoisotopic (exact) mass is 284 g/mol. The topological polar surface area (TPSA) is 87.7 Å². The van der Waals surface area contributed by atoms with Gasteiger partial charge in [-0.05, 0) is 30.4 Å².